The number of amides is 2. The Hall–Kier alpha value is -3.93. The highest BCUT2D eigenvalue weighted by atomic mass is 16.5. The van der Waals surface area contributed by atoms with Crippen LogP contribution in [0, 0.1) is 0 Å². The Morgan fingerprint density at radius 2 is 1.24 bits per heavy atom. The average molecular weight is 445 g/mol. The summed E-state index contributed by atoms with van der Waals surface area (Å²) in [6.45, 7) is 1.35. The molecule has 0 aliphatic rings. The Bertz CT molecular complexity index is 1040. The minimum absolute atomic E-state index is 0.0167. The van der Waals surface area contributed by atoms with Crippen molar-refractivity contribution in [3.05, 3.63) is 108 Å². The number of rotatable bonds is 10. The van der Waals surface area contributed by atoms with Crippen LogP contribution in [-0.4, -0.2) is 36.5 Å². The SMILES string of the molecule is CC(=O)N[C@H](Cc1ccccc1)C(=O)OC[C@@H](Cc1ccccc1)NC(=O)c1ccccc1. The number of benzene rings is 3. The molecule has 2 amide bonds. The maximum atomic E-state index is 12.8. The lowest BCUT2D eigenvalue weighted by atomic mass is 10.0. The van der Waals surface area contributed by atoms with Crippen LogP contribution in [0.1, 0.15) is 28.4 Å². The zero-order valence-corrected chi connectivity index (χ0v) is 18.6. The van der Waals surface area contributed by atoms with E-state index in [0.717, 1.165) is 11.1 Å². The largest absolute Gasteiger partial charge is 0.462 e. The lowest BCUT2D eigenvalue weighted by molar-refractivity contribution is -0.148. The highest BCUT2D eigenvalue weighted by Crippen LogP contribution is 2.09. The summed E-state index contributed by atoms with van der Waals surface area (Å²) >= 11 is 0. The molecule has 6 nitrogen and oxygen atoms in total. The first-order valence-electron chi connectivity index (χ1n) is 10.9. The maximum Gasteiger partial charge on any atom is 0.329 e. The van der Waals surface area contributed by atoms with Crippen LogP contribution in [0.5, 0.6) is 0 Å². The van der Waals surface area contributed by atoms with Crippen molar-refractivity contribution in [1.82, 2.24) is 10.6 Å². The van der Waals surface area contributed by atoms with Gasteiger partial charge in [0, 0.05) is 18.9 Å². The summed E-state index contributed by atoms with van der Waals surface area (Å²) in [5.74, 6) is -1.09. The van der Waals surface area contributed by atoms with Gasteiger partial charge < -0.3 is 15.4 Å². The molecular formula is C27H28N2O4. The lowest BCUT2D eigenvalue weighted by Crippen LogP contribution is -2.45. The van der Waals surface area contributed by atoms with Crippen LogP contribution in [-0.2, 0) is 27.2 Å². The van der Waals surface area contributed by atoms with E-state index >= 15 is 0 Å². The van der Waals surface area contributed by atoms with E-state index < -0.39 is 18.1 Å². The monoisotopic (exact) mass is 444 g/mol. The fourth-order valence-corrected chi connectivity index (χ4v) is 3.48. The molecule has 0 heterocycles. The molecule has 0 spiro atoms. The van der Waals surface area contributed by atoms with E-state index in [4.69, 9.17) is 4.74 Å². The molecule has 0 aliphatic heterocycles. The van der Waals surface area contributed by atoms with Crippen LogP contribution in [0.15, 0.2) is 91.0 Å². The van der Waals surface area contributed by atoms with Gasteiger partial charge in [-0.2, -0.15) is 0 Å². The summed E-state index contributed by atoms with van der Waals surface area (Å²) in [6, 6.07) is 26.7. The third kappa shape index (κ3) is 7.92. The van der Waals surface area contributed by atoms with Gasteiger partial charge in [-0.25, -0.2) is 4.79 Å². The predicted molar refractivity (Wildman–Crippen MR) is 127 cm³/mol. The molecule has 0 radical (unpaired) electrons. The summed E-state index contributed by atoms with van der Waals surface area (Å²) in [5, 5.41) is 5.63. The topological polar surface area (TPSA) is 84.5 Å². The van der Waals surface area contributed by atoms with Gasteiger partial charge in [0.15, 0.2) is 0 Å². The Balaban J connectivity index is 1.68. The van der Waals surface area contributed by atoms with Crippen molar-refractivity contribution in [2.45, 2.75) is 31.8 Å². The number of hydrogen-bond donors (Lipinski definition) is 2. The normalized spacial score (nSPS) is 12.3. The quantitative estimate of drug-likeness (QED) is 0.470. The highest BCUT2D eigenvalue weighted by Gasteiger charge is 2.24. The number of nitrogens with one attached hydrogen (secondary N) is 2. The average Bonchev–Trinajstić information content (AvgIpc) is 2.83. The van der Waals surface area contributed by atoms with E-state index in [0.29, 0.717) is 18.4 Å². The molecule has 0 saturated heterocycles. The number of esters is 1. The standard InChI is InChI=1S/C27H28N2O4/c1-20(30)28-25(18-22-13-7-3-8-14-22)27(32)33-19-24(17-21-11-5-2-6-12-21)29-26(31)23-15-9-4-10-16-23/h2-16,24-25H,17-19H2,1H3,(H,28,30)(H,29,31)/t24-,25-/m1/s1. The first-order chi connectivity index (χ1) is 16.0. The van der Waals surface area contributed by atoms with E-state index in [1.165, 1.54) is 6.92 Å². The highest BCUT2D eigenvalue weighted by molar-refractivity contribution is 5.94. The molecule has 0 saturated carbocycles. The van der Waals surface area contributed by atoms with E-state index in [1.807, 2.05) is 66.7 Å². The molecule has 0 unspecified atom stereocenters. The third-order valence-electron chi connectivity index (χ3n) is 5.07. The predicted octanol–water partition coefficient (Wildman–Crippen LogP) is 3.32. The molecule has 0 bridgehead atoms. The van der Waals surface area contributed by atoms with Gasteiger partial charge in [-0.05, 0) is 29.7 Å². The molecule has 2 N–H and O–H groups in total. The van der Waals surface area contributed by atoms with Gasteiger partial charge in [0.25, 0.3) is 5.91 Å². The fourth-order valence-electron chi connectivity index (χ4n) is 3.48. The second-order valence-electron chi connectivity index (χ2n) is 7.80. The lowest BCUT2D eigenvalue weighted by Gasteiger charge is -2.22. The van der Waals surface area contributed by atoms with Gasteiger partial charge in [0.2, 0.25) is 5.91 Å². The van der Waals surface area contributed by atoms with Gasteiger partial charge in [-0.3, -0.25) is 9.59 Å². The molecular weight excluding hydrogens is 416 g/mol. The van der Waals surface area contributed by atoms with Crippen LogP contribution in [0.4, 0.5) is 0 Å². The molecule has 0 aromatic heterocycles. The van der Waals surface area contributed by atoms with Crippen LogP contribution in [0.3, 0.4) is 0 Å². The number of carbonyl (C=O) groups excluding carboxylic acids is 3. The molecule has 0 fully saturated rings. The Labute approximate surface area is 194 Å². The van der Waals surface area contributed by atoms with Crippen LogP contribution in [0.2, 0.25) is 0 Å². The minimum Gasteiger partial charge on any atom is -0.462 e. The Morgan fingerprint density at radius 3 is 1.79 bits per heavy atom. The van der Waals surface area contributed by atoms with E-state index in [1.54, 1.807) is 24.3 Å². The zero-order chi connectivity index (χ0) is 23.5. The molecule has 3 rings (SSSR count). The van der Waals surface area contributed by atoms with Crippen molar-refractivity contribution in [2.24, 2.45) is 0 Å². The number of hydrogen-bond acceptors (Lipinski definition) is 4. The van der Waals surface area contributed by atoms with Gasteiger partial charge in [0.1, 0.15) is 12.6 Å². The van der Waals surface area contributed by atoms with Crippen LogP contribution < -0.4 is 10.6 Å². The zero-order valence-electron chi connectivity index (χ0n) is 18.6. The minimum atomic E-state index is -0.813. The van der Waals surface area contributed by atoms with E-state index in [-0.39, 0.29) is 18.4 Å². The number of ether oxygens (including phenoxy) is 1. The van der Waals surface area contributed by atoms with Gasteiger partial charge in [0.05, 0.1) is 6.04 Å². The van der Waals surface area contributed by atoms with Gasteiger partial charge in [-0.15, -0.1) is 0 Å². The first-order valence-corrected chi connectivity index (χ1v) is 10.9. The van der Waals surface area contributed by atoms with Crippen molar-refractivity contribution < 1.29 is 19.1 Å². The second-order valence-corrected chi connectivity index (χ2v) is 7.80. The van der Waals surface area contributed by atoms with Crippen molar-refractivity contribution >= 4 is 17.8 Å². The van der Waals surface area contributed by atoms with Crippen molar-refractivity contribution in [3.8, 4) is 0 Å². The van der Waals surface area contributed by atoms with Crippen LogP contribution in [0.25, 0.3) is 0 Å². The number of carbonyl (C=O) groups is 3. The van der Waals surface area contributed by atoms with Crippen molar-refractivity contribution in [3.63, 3.8) is 0 Å². The maximum absolute atomic E-state index is 12.8. The summed E-state index contributed by atoms with van der Waals surface area (Å²) < 4.78 is 5.58. The van der Waals surface area contributed by atoms with Crippen LogP contribution >= 0.6 is 0 Å². The molecule has 6 heteroatoms. The second kappa shape index (κ2) is 12.2. The first kappa shape index (κ1) is 23.7. The molecule has 170 valence electrons. The van der Waals surface area contributed by atoms with E-state index in [9.17, 15) is 14.4 Å². The smallest absolute Gasteiger partial charge is 0.329 e. The Kier molecular flexibility index (Phi) is 8.77. The van der Waals surface area contributed by atoms with Gasteiger partial charge in [-0.1, -0.05) is 78.9 Å². The Morgan fingerprint density at radius 1 is 0.727 bits per heavy atom. The molecule has 2 atom stereocenters. The molecule has 0 aliphatic carbocycles. The summed E-state index contributed by atoms with van der Waals surface area (Å²) in [4.78, 5) is 37.2. The summed E-state index contributed by atoms with van der Waals surface area (Å²) in [6.07, 6.45) is 0.815. The fraction of sp³-hybridized carbons (Fsp3) is 0.222. The third-order valence-corrected chi connectivity index (χ3v) is 5.07. The molecule has 33 heavy (non-hydrogen) atoms. The van der Waals surface area contributed by atoms with Crippen molar-refractivity contribution in [1.29, 1.82) is 0 Å². The summed E-state index contributed by atoms with van der Waals surface area (Å²) in [5.41, 5.74) is 2.45. The summed E-state index contributed by atoms with van der Waals surface area (Å²) in [7, 11) is 0. The molecule has 3 aromatic rings. The van der Waals surface area contributed by atoms with Gasteiger partial charge >= 0.3 is 5.97 Å². The van der Waals surface area contributed by atoms with E-state index in [2.05, 4.69) is 10.6 Å². The van der Waals surface area contributed by atoms with Crippen molar-refractivity contribution in [2.75, 3.05) is 6.61 Å². The molecule has 3 aromatic carbocycles.